The minimum Gasteiger partial charge on any atom is -0.376 e. The van der Waals surface area contributed by atoms with Crippen LogP contribution in [-0.2, 0) is 11.3 Å². The average Bonchev–Trinajstić information content (AvgIpc) is 3.34. The fourth-order valence-electron chi connectivity index (χ4n) is 4.25. The lowest BCUT2D eigenvalue weighted by molar-refractivity contribution is 0.0906. The molecule has 28 heavy (non-hydrogen) atoms. The van der Waals surface area contributed by atoms with Crippen molar-refractivity contribution < 1.29 is 4.74 Å². The summed E-state index contributed by atoms with van der Waals surface area (Å²) in [6.07, 6.45) is 3.74. The van der Waals surface area contributed by atoms with Crippen LogP contribution >= 0.6 is 24.0 Å². The molecule has 6 heteroatoms. The molecule has 3 rings (SSSR count). The van der Waals surface area contributed by atoms with Crippen LogP contribution in [0.15, 0.2) is 35.3 Å². The van der Waals surface area contributed by atoms with E-state index >= 15 is 0 Å². The number of rotatable bonds is 8. The highest BCUT2D eigenvalue weighted by Crippen LogP contribution is 2.19. The summed E-state index contributed by atoms with van der Waals surface area (Å²) in [5.74, 6) is 2.41. The van der Waals surface area contributed by atoms with Gasteiger partial charge >= 0.3 is 0 Å². The van der Waals surface area contributed by atoms with Crippen molar-refractivity contribution in [2.75, 3.05) is 52.9 Å². The molecule has 0 radical (unpaired) electrons. The van der Waals surface area contributed by atoms with Crippen LogP contribution in [-0.4, -0.2) is 68.7 Å². The lowest BCUT2D eigenvalue weighted by Gasteiger charge is -2.23. The van der Waals surface area contributed by atoms with Crippen LogP contribution in [0.2, 0.25) is 0 Å². The highest BCUT2D eigenvalue weighted by atomic mass is 127. The van der Waals surface area contributed by atoms with Gasteiger partial charge in [0.2, 0.25) is 0 Å². The van der Waals surface area contributed by atoms with E-state index in [1.54, 1.807) is 0 Å². The lowest BCUT2D eigenvalue weighted by atomic mass is 10.1. The summed E-state index contributed by atoms with van der Waals surface area (Å²) >= 11 is 0. The number of benzene rings is 1. The van der Waals surface area contributed by atoms with Gasteiger partial charge < -0.3 is 19.9 Å². The third-order valence-corrected chi connectivity index (χ3v) is 5.72. The molecule has 0 amide bonds. The van der Waals surface area contributed by atoms with Gasteiger partial charge in [0.1, 0.15) is 0 Å². The van der Waals surface area contributed by atoms with Crippen LogP contribution in [0.25, 0.3) is 0 Å². The van der Waals surface area contributed by atoms with E-state index < -0.39 is 0 Å². The molecule has 2 unspecified atom stereocenters. The number of nitrogens with one attached hydrogen (secondary N) is 1. The minimum atomic E-state index is 0. The fraction of sp³-hybridized carbons (Fsp3) is 0.682. The van der Waals surface area contributed by atoms with E-state index in [9.17, 15) is 0 Å². The number of halogens is 1. The molecule has 1 aromatic carbocycles. The molecule has 0 saturated carbocycles. The Morgan fingerprint density at radius 2 is 1.93 bits per heavy atom. The summed E-state index contributed by atoms with van der Waals surface area (Å²) in [5.41, 5.74) is 1.25. The summed E-state index contributed by atoms with van der Waals surface area (Å²) in [4.78, 5) is 9.51. The number of likely N-dealkylation sites (tertiary alicyclic amines) is 2. The largest absolute Gasteiger partial charge is 0.376 e. The molecule has 2 saturated heterocycles. The Balaban J connectivity index is 0.00000280. The van der Waals surface area contributed by atoms with E-state index in [4.69, 9.17) is 4.74 Å². The zero-order valence-electron chi connectivity index (χ0n) is 17.5. The van der Waals surface area contributed by atoms with Crippen LogP contribution < -0.4 is 5.32 Å². The summed E-state index contributed by atoms with van der Waals surface area (Å²) in [5, 5.41) is 3.63. The Labute approximate surface area is 187 Å². The van der Waals surface area contributed by atoms with Crippen molar-refractivity contribution in [2.45, 2.75) is 32.8 Å². The Morgan fingerprint density at radius 1 is 1.14 bits per heavy atom. The van der Waals surface area contributed by atoms with Crippen molar-refractivity contribution in [1.29, 1.82) is 0 Å². The van der Waals surface area contributed by atoms with Crippen molar-refractivity contribution in [1.82, 2.24) is 15.1 Å². The second-order valence-corrected chi connectivity index (χ2v) is 7.98. The highest BCUT2D eigenvalue weighted by Gasteiger charge is 2.26. The van der Waals surface area contributed by atoms with Crippen LogP contribution in [0.3, 0.4) is 0 Å². The molecule has 1 aromatic rings. The minimum absolute atomic E-state index is 0. The zero-order valence-corrected chi connectivity index (χ0v) is 19.8. The van der Waals surface area contributed by atoms with Crippen molar-refractivity contribution >= 4 is 29.9 Å². The summed E-state index contributed by atoms with van der Waals surface area (Å²) in [7, 11) is 1.90. The summed E-state index contributed by atoms with van der Waals surface area (Å²) < 4.78 is 5.95. The van der Waals surface area contributed by atoms with Crippen molar-refractivity contribution in [3.05, 3.63) is 35.9 Å². The lowest BCUT2D eigenvalue weighted by Crippen LogP contribution is -2.42. The summed E-state index contributed by atoms with van der Waals surface area (Å²) in [6, 6.07) is 10.4. The van der Waals surface area contributed by atoms with E-state index in [1.807, 2.05) is 13.1 Å². The van der Waals surface area contributed by atoms with Gasteiger partial charge in [-0.25, -0.2) is 0 Å². The van der Waals surface area contributed by atoms with Gasteiger partial charge in [0.25, 0.3) is 0 Å². The molecule has 5 nitrogen and oxygen atoms in total. The van der Waals surface area contributed by atoms with Crippen molar-refractivity contribution in [2.24, 2.45) is 16.8 Å². The molecule has 2 aliphatic heterocycles. The maximum atomic E-state index is 5.95. The number of aliphatic imine (C=N–C) groups is 1. The van der Waals surface area contributed by atoms with Gasteiger partial charge in [0.05, 0.1) is 13.2 Å². The molecular weight excluding hydrogens is 463 g/mol. The van der Waals surface area contributed by atoms with Crippen LogP contribution in [0, 0.1) is 11.8 Å². The molecule has 2 atom stereocenters. The molecule has 1 N–H and O–H groups in total. The van der Waals surface area contributed by atoms with E-state index in [-0.39, 0.29) is 24.0 Å². The predicted octanol–water partition coefficient (Wildman–Crippen LogP) is 3.45. The van der Waals surface area contributed by atoms with Crippen molar-refractivity contribution in [3.8, 4) is 0 Å². The van der Waals surface area contributed by atoms with Crippen molar-refractivity contribution in [3.63, 3.8) is 0 Å². The normalized spacial score (nSPS) is 23.1. The average molecular weight is 500 g/mol. The fourth-order valence-corrected chi connectivity index (χ4v) is 4.25. The predicted molar refractivity (Wildman–Crippen MR) is 127 cm³/mol. The zero-order chi connectivity index (χ0) is 18.9. The molecule has 0 bridgehead atoms. The molecule has 2 heterocycles. The highest BCUT2D eigenvalue weighted by molar-refractivity contribution is 14.0. The topological polar surface area (TPSA) is 40.1 Å². The van der Waals surface area contributed by atoms with E-state index in [0.717, 1.165) is 38.1 Å². The quantitative estimate of drug-likeness (QED) is 0.337. The molecule has 158 valence electrons. The number of ether oxygens (including phenoxy) is 1. The molecule has 2 fully saturated rings. The molecule has 0 aromatic heterocycles. The number of nitrogens with zero attached hydrogens (tertiary/aromatic N) is 3. The van der Waals surface area contributed by atoms with Crippen LogP contribution in [0.5, 0.6) is 0 Å². The van der Waals surface area contributed by atoms with Gasteiger partial charge in [-0.15, -0.1) is 24.0 Å². The van der Waals surface area contributed by atoms with Crippen LogP contribution in [0.4, 0.5) is 0 Å². The Kier molecular flexibility index (Phi) is 10.6. The number of hydrogen-bond acceptors (Lipinski definition) is 3. The van der Waals surface area contributed by atoms with Gasteiger partial charge in [-0.2, -0.15) is 0 Å². The first-order valence-corrected chi connectivity index (χ1v) is 10.6. The Morgan fingerprint density at radius 3 is 2.68 bits per heavy atom. The molecule has 0 aliphatic carbocycles. The first-order chi connectivity index (χ1) is 13.3. The molecular formula is C22H37IN4O. The smallest absolute Gasteiger partial charge is 0.193 e. The van der Waals surface area contributed by atoms with Gasteiger partial charge in [-0.05, 0) is 43.8 Å². The van der Waals surface area contributed by atoms with Gasteiger partial charge in [0, 0.05) is 39.1 Å². The number of guanidine groups is 1. The SMILES string of the molecule is CCCN1CCC(CNC(=NC)N2CCC(COCc3ccccc3)C2)C1.I. The second-order valence-electron chi connectivity index (χ2n) is 7.98. The second kappa shape index (κ2) is 12.6. The van der Waals surface area contributed by atoms with Gasteiger partial charge in [-0.3, -0.25) is 4.99 Å². The summed E-state index contributed by atoms with van der Waals surface area (Å²) in [6.45, 7) is 10.7. The first-order valence-electron chi connectivity index (χ1n) is 10.6. The molecule has 2 aliphatic rings. The Bertz CT molecular complexity index is 583. The van der Waals surface area contributed by atoms with Gasteiger partial charge in [-0.1, -0.05) is 37.3 Å². The maximum Gasteiger partial charge on any atom is 0.193 e. The third-order valence-electron chi connectivity index (χ3n) is 5.72. The third kappa shape index (κ3) is 7.19. The first kappa shape index (κ1) is 23.4. The van der Waals surface area contributed by atoms with E-state index in [2.05, 4.69) is 51.3 Å². The van der Waals surface area contributed by atoms with E-state index in [1.165, 1.54) is 44.5 Å². The standard InChI is InChI=1S/C22H36N4O.HI/c1-3-11-25-12-9-20(15-25)14-24-22(23-2)26-13-10-21(16-26)18-27-17-19-7-5-4-6-8-19;/h4-8,20-21H,3,9-18H2,1-2H3,(H,23,24);1H. The molecule has 0 spiro atoms. The number of hydrogen-bond donors (Lipinski definition) is 1. The van der Waals surface area contributed by atoms with Gasteiger partial charge in [0.15, 0.2) is 5.96 Å². The Hall–Kier alpha value is -0.860. The van der Waals surface area contributed by atoms with Crippen LogP contribution in [0.1, 0.15) is 31.7 Å². The maximum absolute atomic E-state index is 5.95. The van der Waals surface area contributed by atoms with E-state index in [0.29, 0.717) is 12.5 Å². The monoisotopic (exact) mass is 500 g/mol.